The van der Waals surface area contributed by atoms with Crippen molar-refractivity contribution in [2.75, 3.05) is 32.8 Å². The van der Waals surface area contributed by atoms with Crippen molar-refractivity contribution in [2.24, 2.45) is 0 Å². The van der Waals surface area contributed by atoms with Crippen LogP contribution in [-0.4, -0.2) is 47.3 Å². The third-order valence-electron chi connectivity index (χ3n) is 5.12. The van der Waals surface area contributed by atoms with Gasteiger partial charge in [0.05, 0.1) is 26.0 Å². The summed E-state index contributed by atoms with van der Waals surface area (Å²) in [5.74, 6) is -0.479. The molecule has 3 heterocycles. The van der Waals surface area contributed by atoms with Crippen molar-refractivity contribution in [3.05, 3.63) is 64.8 Å². The maximum absolute atomic E-state index is 13.3. The van der Waals surface area contributed by atoms with Crippen LogP contribution in [-0.2, 0) is 11.3 Å². The molecule has 3 aromatic rings. The van der Waals surface area contributed by atoms with Crippen LogP contribution in [0.3, 0.4) is 0 Å². The summed E-state index contributed by atoms with van der Waals surface area (Å²) in [6.45, 7) is 4.76. The van der Waals surface area contributed by atoms with E-state index in [-0.39, 0.29) is 22.8 Å². The summed E-state index contributed by atoms with van der Waals surface area (Å²) in [5.41, 5.74) is 0.959. The summed E-state index contributed by atoms with van der Waals surface area (Å²) >= 11 is 0. The third-order valence-corrected chi connectivity index (χ3v) is 5.12. The number of aromatic nitrogens is 2. The van der Waals surface area contributed by atoms with Gasteiger partial charge in [-0.3, -0.25) is 4.90 Å². The zero-order valence-electron chi connectivity index (χ0n) is 15.6. The Morgan fingerprint density at radius 2 is 1.86 bits per heavy atom. The molecule has 0 aliphatic carbocycles. The van der Waals surface area contributed by atoms with Crippen LogP contribution in [0.25, 0.3) is 16.8 Å². The van der Waals surface area contributed by atoms with Gasteiger partial charge in [-0.15, -0.1) is 0 Å². The van der Waals surface area contributed by atoms with Gasteiger partial charge in [-0.2, -0.15) is 8.97 Å². The molecule has 0 radical (unpaired) electrons. The molecule has 1 N–H and O–H groups in total. The Morgan fingerprint density at radius 1 is 1.11 bits per heavy atom. The summed E-state index contributed by atoms with van der Waals surface area (Å²) in [6.07, 6.45) is 2.51. The highest BCUT2D eigenvalue weighted by atomic mass is 19.1. The maximum Gasteiger partial charge on any atom is 0.354 e. The molecule has 0 unspecified atom stereocenters. The van der Waals surface area contributed by atoms with Gasteiger partial charge in [0.25, 0.3) is 11.5 Å². The third kappa shape index (κ3) is 3.63. The minimum atomic E-state index is -0.387. The fraction of sp³-hybridized carbons (Fsp3) is 0.333. The van der Waals surface area contributed by atoms with E-state index < -0.39 is 0 Å². The molecule has 6 nitrogen and oxygen atoms in total. The van der Waals surface area contributed by atoms with Gasteiger partial charge < -0.3 is 9.84 Å². The fourth-order valence-corrected chi connectivity index (χ4v) is 3.65. The van der Waals surface area contributed by atoms with Crippen molar-refractivity contribution in [3.63, 3.8) is 0 Å². The lowest BCUT2D eigenvalue weighted by molar-refractivity contribution is -0.680. The molecule has 1 saturated heterocycles. The topological polar surface area (TPSA) is 58.1 Å². The quantitative estimate of drug-likeness (QED) is 0.682. The molecule has 7 heteroatoms. The number of aromatic hydroxyl groups is 1. The standard InChI is InChI=1S/C21H22FN3O3/c22-17-7-5-16(6-8-17)19-20(26)24-10-2-1-4-18(24)25(21(19)27)11-3-9-23-12-14-28-15-13-23/h1-2,4-8,10H,3,9,11-15H2/p+1. The number of pyridine rings is 1. The predicted octanol–water partition coefficient (Wildman–Crippen LogP) is 1.82. The van der Waals surface area contributed by atoms with Gasteiger partial charge in [0.2, 0.25) is 0 Å². The first kappa shape index (κ1) is 18.6. The summed E-state index contributed by atoms with van der Waals surface area (Å²) in [4.78, 5) is 15.3. The molecular formula is C21H23FN3O3+. The zero-order valence-corrected chi connectivity index (χ0v) is 15.6. The average molecular weight is 384 g/mol. The zero-order chi connectivity index (χ0) is 19.5. The fourth-order valence-electron chi connectivity index (χ4n) is 3.65. The lowest BCUT2D eigenvalue weighted by Gasteiger charge is -2.26. The van der Waals surface area contributed by atoms with Gasteiger partial charge in [0.1, 0.15) is 5.82 Å². The largest absolute Gasteiger partial charge is 0.477 e. The van der Waals surface area contributed by atoms with E-state index in [1.54, 1.807) is 16.8 Å². The first-order valence-corrected chi connectivity index (χ1v) is 9.47. The van der Waals surface area contributed by atoms with E-state index in [0.29, 0.717) is 17.8 Å². The van der Waals surface area contributed by atoms with E-state index in [4.69, 9.17) is 4.74 Å². The Kier molecular flexibility index (Phi) is 5.36. The molecule has 28 heavy (non-hydrogen) atoms. The van der Waals surface area contributed by atoms with E-state index >= 15 is 0 Å². The van der Waals surface area contributed by atoms with Gasteiger partial charge in [-0.25, -0.2) is 9.18 Å². The van der Waals surface area contributed by atoms with Crippen molar-refractivity contribution < 1.29 is 18.8 Å². The minimum Gasteiger partial charge on any atom is -0.477 e. The van der Waals surface area contributed by atoms with Crippen LogP contribution >= 0.6 is 0 Å². The Bertz CT molecular complexity index is 1030. The molecule has 1 aliphatic heterocycles. The second-order valence-electron chi connectivity index (χ2n) is 6.90. The number of ether oxygens (including phenoxy) is 1. The summed E-state index contributed by atoms with van der Waals surface area (Å²) < 4.78 is 22.0. The number of morpholine rings is 1. The van der Waals surface area contributed by atoms with E-state index in [1.165, 1.54) is 28.7 Å². The number of fused-ring (bicyclic) bond motifs is 1. The molecule has 4 rings (SSSR count). The Labute approximate surface area is 162 Å². The van der Waals surface area contributed by atoms with Crippen molar-refractivity contribution in [3.8, 4) is 17.0 Å². The number of benzene rings is 1. The van der Waals surface area contributed by atoms with Gasteiger partial charge >= 0.3 is 5.56 Å². The van der Waals surface area contributed by atoms with E-state index in [9.17, 15) is 14.3 Å². The van der Waals surface area contributed by atoms with E-state index in [1.807, 2.05) is 12.1 Å². The predicted molar refractivity (Wildman–Crippen MR) is 103 cm³/mol. The number of halogens is 1. The molecule has 0 saturated carbocycles. The number of hydrogen-bond donors (Lipinski definition) is 1. The molecule has 146 valence electrons. The molecule has 0 bridgehead atoms. The molecule has 2 aromatic heterocycles. The van der Waals surface area contributed by atoms with Crippen LogP contribution < -0.4 is 10.1 Å². The summed E-state index contributed by atoms with van der Waals surface area (Å²) in [6, 6.07) is 11.0. The Hall–Kier alpha value is -2.77. The smallest absolute Gasteiger partial charge is 0.354 e. The molecule has 0 amide bonds. The van der Waals surface area contributed by atoms with Crippen LogP contribution in [0.5, 0.6) is 5.88 Å². The lowest BCUT2D eigenvalue weighted by atomic mass is 10.1. The minimum absolute atomic E-state index is 0.0928. The SMILES string of the molecule is O=c1c(-c2ccc(F)cc2)c(O)[n+](CCCN2CCOCC2)c2ccccn12. The Morgan fingerprint density at radius 3 is 2.61 bits per heavy atom. The average Bonchev–Trinajstić information content (AvgIpc) is 2.73. The first-order valence-electron chi connectivity index (χ1n) is 9.47. The molecule has 1 aromatic carbocycles. The van der Waals surface area contributed by atoms with Gasteiger partial charge in [0.15, 0.2) is 5.56 Å². The van der Waals surface area contributed by atoms with Crippen LogP contribution in [0.1, 0.15) is 6.42 Å². The highest BCUT2D eigenvalue weighted by Crippen LogP contribution is 2.23. The van der Waals surface area contributed by atoms with Crippen LogP contribution in [0, 0.1) is 5.82 Å². The first-order chi connectivity index (χ1) is 13.6. The van der Waals surface area contributed by atoms with Crippen molar-refractivity contribution in [1.29, 1.82) is 0 Å². The van der Waals surface area contributed by atoms with Gasteiger partial charge in [-0.1, -0.05) is 18.2 Å². The van der Waals surface area contributed by atoms with Crippen molar-refractivity contribution in [1.82, 2.24) is 9.30 Å². The second-order valence-corrected chi connectivity index (χ2v) is 6.90. The van der Waals surface area contributed by atoms with Gasteiger partial charge in [-0.05, 0) is 30.2 Å². The number of rotatable bonds is 5. The summed E-state index contributed by atoms with van der Waals surface area (Å²) in [7, 11) is 0. The maximum atomic E-state index is 13.3. The Balaban J connectivity index is 1.72. The van der Waals surface area contributed by atoms with Crippen LogP contribution in [0.2, 0.25) is 0 Å². The van der Waals surface area contributed by atoms with Crippen molar-refractivity contribution >= 4 is 5.65 Å². The molecular weight excluding hydrogens is 361 g/mol. The molecule has 1 aliphatic rings. The number of nitrogens with zero attached hydrogens (tertiary/aromatic N) is 3. The van der Waals surface area contributed by atoms with Crippen LogP contribution in [0.15, 0.2) is 53.5 Å². The van der Waals surface area contributed by atoms with E-state index in [0.717, 1.165) is 39.3 Å². The molecule has 0 atom stereocenters. The highest BCUT2D eigenvalue weighted by Gasteiger charge is 2.24. The van der Waals surface area contributed by atoms with Crippen molar-refractivity contribution in [2.45, 2.75) is 13.0 Å². The highest BCUT2D eigenvalue weighted by molar-refractivity contribution is 5.67. The van der Waals surface area contributed by atoms with Crippen LogP contribution in [0.4, 0.5) is 4.39 Å². The van der Waals surface area contributed by atoms with E-state index in [2.05, 4.69) is 4.90 Å². The second kappa shape index (κ2) is 8.08. The number of aryl methyl sites for hydroxylation is 1. The molecule has 0 spiro atoms. The summed E-state index contributed by atoms with van der Waals surface area (Å²) in [5, 5.41) is 10.9. The lowest BCUT2D eigenvalue weighted by Crippen LogP contribution is -2.43. The number of hydrogen-bond acceptors (Lipinski definition) is 4. The molecule has 1 fully saturated rings. The van der Waals surface area contributed by atoms with Gasteiger partial charge in [0, 0.05) is 25.7 Å². The monoisotopic (exact) mass is 384 g/mol. The normalized spacial score (nSPS) is 15.2.